The fraction of sp³-hybridized carbons (Fsp3) is 0.368. The van der Waals surface area contributed by atoms with Gasteiger partial charge in [0.2, 0.25) is 0 Å². The van der Waals surface area contributed by atoms with Gasteiger partial charge in [-0.25, -0.2) is 17.6 Å². The van der Waals surface area contributed by atoms with E-state index in [0.717, 1.165) is 48.5 Å². The van der Waals surface area contributed by atoms with Crippen molar-refractivity contribution in [2.24, 2.45) is 0 Å². The first-order chi connectivity index (χ1) is 43.0. The van der Waals surface area contributed by atoms with Gasteiger partial charge in [-0.15, -0.1) is 0 Å². The van der Waals surface area contributed by atoms with E-state index >= 15 is 0 Å². The zero-order chi connectivity index (χ0) is 63.1. The van der Waals surface area contributed by atoms with Gasteiger partial charge in [-0.2, -0.15) is 21.0 Å². The second-order valence-electron chi connectivity index (χ2n) is 22.1. The number of benzene rings is 4. The minimum Gasteiger partial charge on any atom is -0.256 e. The minimum atomic E-state index is -0.501. The summed E-state index contributed by atoms with van der Waals surface area (Å²) in [6.07, 6.45) is 37.0. The van der Waals surface area contributed by atoms with E-state index in [1.54, 1.807) is 24.3 Å². The first-order valence-electron chi connectivity index (χ1n) is 31.6. The zero-order valence-corrected chi connectivity index (χ0v) is 51.9. The van der Waals surface area contributed by atoms with Crippen molar-refractivity contribution < 1.29 is 17.6 Å². The van der Waals surface area contributed by atoms with Gasteiger partial charge >= 0.3 is 0 Å². The van der Waals surface area contributed by atoms with E-state index in [1.807, 2.05) is 85.5 Å². The van der Waals surface area contributed by atoms with Crippen LogP contribution in [-0.4, -0.2) is 19.9 Å². The smallest absolute Gasteiger partial charge is 0.141 e. The van der Waals surface area contributed by atoms with E-state index in [9.17, 15) is 17.6 Å². The van der Waals surface area contributed by atoms with Gasteiger partial charge in [-0.05, 0) is 146 Å². The molecule has 4 aromatic heterocycles. The molecule has 0 amide bonds. The van der Waals surface area contributed by atoms with Gasteiger partial charge in [0.25, 0.3) is 0 Å². The van der Waals surface area contributed by atoms with E-state index in [-0.39, 0.29) is 22.3 Å². The lowest BCUT2D eigenvalue weighted by Gasteiger charge is -2.05. The number of unbranched alkanes of at least 4 members (excludes halogenated alkanes) is 16. The third-order valence-corrected chi connectivity index (χ3v) is 15.1. The third-order valence-electron chi connectivity index (χ3n) is 15.1. The first kappa shape index (κ1) is 69.9. The number of pyridine rings is 4. The highest BCUT2D eigenvalue weighted by atomic mass is 19.1. The normalized spacial score (nSPS) is 10.4. The molecule has 8 rings (SSSR count). The lowest BCUT2D eigenvalue weighted by molar-refractivity contribution is 0.589. The van der Waals surface area contributed by atoms with Crippen LogP contribution in [0.25, 0.3) is 45.0 Å². The van der Waals surface area contributed by atoms with E-state index < -0.39 is 23.3 Å². The maximum absolute atomic E-state index is 13.7. The van der Waals surface area contributed by atoms with Gasteiger partial charge in [0.15, 0.2) is 0 Å². The van der Waals surface area contributed by atoms with Crippen LogP contribution in [0.5, 0.6) is 0 Å². The summed E-state index contributed by atoms with van der Waals surface area (Å²) in [5, 5.41) is 35.0. The topological polar surface area (TPSA) is 147 Å². The molecule has 0 aliphatic carbocycles. The molecule has 0 N–H and O–H groups in total. The summed E-state index contributed by atoms with van der Waals surface area (Å²) >= 11 is 0. The van der Waals surface area contributed by atoms with Gasteiger partial charge in [0, 0.05) is 47.0 Å². The summed E-state index contributed by atoms with van der Waals surface area (Å²) in [5.41, 5.74) is 10.8. The Hall–Kier alpha value is -8.84. The molecule has 0 aliphatic heterocycles. The third kappa shape index (κ3) is 24.5. The summed E-state index contributed by atoms with van der Waals surface area (Å²) in [6, 6.07) is 41.5. The van der Waals surface area contributed by atoms with Crippen LogP contribution >= 0.6 is 0 Å². The molecule has 88 heavy (non-hydrogen) atoms. The van der Waals surface area contributed by atoms with Crippen LogP contribution in [0.3, 0.4) is 0 Å². The Morgan fingerprint density at radius 2 is 0.477 bits per heavy atom. The molecule has 0 unspecified atom stereocenters. The maximum Gasteiger partial charge on any atom is 0.141 e. The molecule has 12 heteroatoms. The standard InChI is InChI=1S/C21H25FN2.C20H23FN2.C18H19FN2.C17H17FN2/c1-2-3-4-5-6-7-8-9-17-10-13-21(24-16-17)18-11-12-19(15-23)20(22)14-18;1-2-3-4-5-6-7-8-16-9-12-20(23-15-16)17-10-11-18(14-22)19(21)13-17;1-2-3-4-5-6-14-7-10-18(21-13-14)15-8-9-16(12-20)17(19)11-15;1-2-3-4-5-13-6-9-17(20-12-13)14-7-8-15(11-19)16(18)10-14/h10-14,16H,2-9H2,1H3;9-13,15H,2-8H2,1H3;7-11,13H,2-6H2,1H3;6-10,12H,2-5H2,1H3. The van der Waals surface area contributed by atoms with Crippen molar-refractivity contribution in [1.29, 1.82) is 21.0 Å². The van der Waals surface area contributed by atoms with Gasteiger partial charge in [0.05, 0.1) is 45.0 Å². The Bertz CT molecular complexity index is 3500. The molecule has 4 heterocycles. The highest BCUT2D eigenvalue weighted by Gasteiger charge is 2.10. The van der Waals surface area contributed by atoms with E-state index in [1.165, 1.54) is 199 Å². The molecule has 8 nitrogen and oxygen atoms in total. The number of nitriles is 4. The van der Waals surface area contributed by atoms with Crippen LogP contribution in [0.4, 0.5) is 17.6 Å². The van der Waals surface area contributed by atoms with E-state index in [4.69, 9.17) is 21.0 Å². The van der Waals surface area contributed by atoms with Crippen molar-refractivity contribution in [3.63, 3.8) is 0 Å². The summed E-state index contributed by atoms with van der Waals surface area (Å²) in [4.78, 5) is 17.6. The summed E-state index contributed by atoms with van der Waals surface area (Å²) in [5.74, 6) is -1.99. The van der Waals surface area contributed by atoms with Crippen LogP contribution < -0.4 is 0 Å². The predicted octanol–water partition coefficient (Wildman–Crippen LogP) is 21.1. The highest BCUT2D eigenvalue weighted by Crippen LogP contribution is 2.25. The van der Waals surface area contributed by atoms with Crippen LogP contribution in [0.15, 0.2) is 146 Å². The molecule has 4 aromatic carbocycles. The Morgan fingerprint density at radius 3 is 0.682 bits per heavy atom. The van der Waals surface area contributed by atoms with Gasteiger partial charge in [-0.1, -0.05) is 179 Å². The second kappa shape index (κ2) is 40.5. The Balaban J connectivity index is 0.000000214. The quantitative estimate of drug-likeness (QED) is 0.0348. The number of hydrogen-bond donors (Lipinski definition) is 0. The molecule has 0 saturated heterocycles. The van der Waals surface area contributed by atoms with E-state index in [0.29, 0.717) is 22.3 Å². The van der Waals surface area contributed by atoms with Gasteiger partial charge < -0.3 is 0 Å². The fourth-order valence-electron chi connectivity index (χ4n) is 9.76. The van der Waals surface area contributed by atoms with Crippen molar-refractivity contribution >= 4 is 0 Å². The Kier molecular flexibility index (Phi) is 32.2. The first-order valence-corrected chi connectivity index (χ1v) is 31.6. The maximum atomic E-state index is 13.7. The highest BCUT2D eigenvalue weighted by molar-refractivity contribution is 5.63. The summed E-state index contributed by atoms with van der Waals surface area (Å²) < 4.78 is 54.5. The van der Waals surface area contributed by atoms with Crippen LogP contribution in [0.1, 0.15) is 201 Å². The Morgan fingerprint density at radius 1 is 0.273 bits per heavy atom. The average Bonchev–Trinajstić information content (AvgIpc) is 3.68. The summed E-state index contributed by atoms with van der Waals surface area (Å²) in [7, 11) is 0. The fourth-order valence-corrected chi connectivity index (χ4v) is 9.76. The predicted molar refractivity (Wildman–Crippen MR) is 347 cm³/mol. The molecular weight excluding hydrogens is 1100 g/mol. The molecule has 0 aliphatic rings. The molecule has 8 aromatic rings. The van der Waals surface area contributed by atoms with E-state index in [2.05, 4.69) is 59.8 Å². The SMILES string of the molecule is CCCCCCCCCc1ccc(-c2ccc(C#N)c(F)c2)nc1.CCCCCCCCc1ccc(-c2ccc(C#N)c(F)c2)nc1.CCCCCCc1ccc(-c2ccc(C#N)c(F)c2)nc1.CCCCCc1ccc(-c2ccc(C#N)c(F)c2)nc1. The molecule has 0 atom stereocenters. The molecule has 0 saturated carbocycles. The number of halogens is 4. The minimum absolute atomic E-state index is 0.0601. The molecule has 0 spiro atoms. The van der Waals surface area contributed by atoms with Crippen LogP contribution in [0, 0.1) is 68.6 Å². The molecular formula is C76H84F4N8. The number of aryl methyl sites for hydroxylation is 4. The van der Waals surface area contributed by atoms with Crippen molar-refractivity contribution in [2.45, 2.75) is 182 Å². The molecule has 0 bridgehead atoms. The Labute approximate surface area is 521 Å². The van der Waals surface area contributed by atoms with Crippen LogP contribution in [0.2, 0.25) is 0 Å². The van der Waals surface area contributed by atoms with Crippen LogP contribution in [-0.2, 0) is 25.7 Å². The van der Waals surface area contributed by atoms with Crippen molar-refractivity contribution in [1.82, 2.24) is 19.9 Å². The monoisotopic (exact) mass is 1180 g/mol. The van der Waals surface area contributed by atoms with Gasteiger partial charge in [-0.3, -0.25) is 19.9 Å². The van der Waals surface area contributed by atoms with Crippen molar-refractivity contribution in [2.75, 3.05) is 0 Å². The average molecular weight is 1190 g/mol. The molecule has 0 radical (unpaired) electrons. The number of aromatic nitrogens is 4. The number of hydrogen-bond acceptors (Lipinski definition) is 8. The number of rotatable bonds is 28. The lowest BCUT2D eigenvalue weighted by Crippen LogP contribution is -1.91. The number of nitrogens with zero attached hydrogens (tertiary/aromatic N) is 8. The van der Waals surface area contributed by atoms with Crippen molar-refractivity contribution in [3.8, 4) is 69.3 Å². The second-order valence-corrected chi connectivity index (χ2v) is 22.1. The van der Waals surface area contributed by atoms with Gasteiger partial charge in [0.1, 0.15) is 47.5 Å². The molecule has 456 valence electrons. The molecule has 0 fully saturated rings. The van der Waals surface area contributed by atoms with Crippen molar-refractivity contribution in [3.05, 3.63) is 214 Å². The lowest BCUT2D eigenvalue weighted by atomic mass is 10.0. The summed E-state index contributed by atoms with van der Waals surface area (Å²) in [6.45, 7) is 8.85. The largest absolute Gasteiger partial charge is 0.256 e. The zero-order valence-electron chi connectivity index (χ0n) is 51.9.